The minimum Gasteiger partial charge on any atom is -0.493 e. The number of piperidine rings is 1. The van der Waals surface area contributed by atoms with Gasteiger partial charge in [0.25, 0.3) is 0 Å². The smallest absolute Gasteiger partial charge is 0.392 e. The number of hydrogen-bond donors (Lipinski definition) is 1. The van der Waals surface area contributed by atoms with E-state index in [1.165, 1.54) is 7.11 Å². The normalized spacial score (nSPS) is 25.3. The average molecular weight is 415 g/mol. The third kappa shape index (κ3) is 5.57. The van der Waals surface area contributed by atoms with Crippen LogP contribution in [0.15, 0.2) is 12.1 Å². The van der Waals surface area contributed by atoms with Gasteiger partial charge in [0.1, 0.15) is 0 Å². The highest BCUT2D eigenvalue weighted by atomic mass is 19.4. The van der Waals surface area contributed by atoms with Crippen molar-refractivity contribution < 1.29 is 27.8 Å². The van der Waals surface area contributed by atoms with E-state index in [2.05, 4.69) is 25.7 Å². The number of aliphatic hydroxyl groups excluding tert-OH is 1. The maximum Gasteiger partial charge on any atom is 0.392 e. The van der Waals surface area contributed by atoms with Crippen molar-refractivity contribution in [2.75, 3.05) is 26.8 Å². The lowest BCUT2D eigenvalue weighted by Gasteiger charge is -2.47. The average Bonchev–Trinajstić information content (AvgIpc) is 2.59. The fourth-order valence-electron chi connectivity index (χ4n) is 4.64. The molecule has 1 saturated heterocycles. The number of ether oxygens (including phenoxy) is 2. The molecule has 0 aromatic heterocycles. The molecule has 2 aliphatic heterocycles. The summed E-state index contributed by atoms with van der Waals surface area (Å²) < 4.78 is 48.1. The first-order valence-electron chi connectivity index (χ1n) is 10.3. The Morgan fingerprint density at radius 3 is 2.52 bits per heavy atom. The number of benzene rings is 1. The molecule has 0 amide bonds. The highest BCUT2D eigenvalue weighted by molar-refractivity contribution is 5.49. The molecular formula is C22H32F3NO3. The molecule has 0 bridgehead atoms. The van der Waals surface area contributed by atoms with E-state index in [1.807, 2.05) is 12.1 Å². The Kier molecular flexibility index (Phi) is 6.39. The second kappa shape index (κ2) is 8.34. The summed E-state index contributed by atoms with van der Waals surface area (Å²) in [6.45, 7) is 7.89. The van der Waals surface area contributed by atoms with Crippen LogP contribution in [-0.4, -0.2) is 49.1 Å². The van der Waals surface area contributed by atoms with Gasteiger partial charge in [-0.05, 0) is 53.9 Å². The number of hydrogen-bond acceptors (Lipinski definition) is 4. The molecule has 1 aromatic carbocycles. The van der Waals surface area contributed by atoms with E-state index >= 15 is 0 Å². The van der Waals surface area contributed by atoms with E-state index in [0.717, 1.165) is 37.1 Å². The van der Waals surface area contributed by atoms with Crippen LogP contribution in [0.2, 0.25) is 0 Å². The van der Waals surface area contributed by atoms with Gasteiger partial charge in [0.15, 0.2) is 11.5 Å². The van der Waals surface area contributed by atoms with Crippen LogP contribution in [0.4, 0.5) is 13.2 Å². The predicted molar refractivity (Wildman–Crippen MR) is 105 cm³/mol. The molecule has 0 unspecified atom stereocenters. The largest absolute Gasteiger partial charge is 0.493 e. The first-order valence-corrected chi connectivity index (χ1v) is 10.3. The summed E-state index contributed by atoms with van der Waals surface area (Å²) in [5.41, 5.74) is 2.32. The molecule has 2 aliphatic rings. The third-order valence-corrected chi connectivity index (χ3v) is 5.89. The minimum atomic E-state index is -4.25. The molecule has 29 heavy (non-hydrogen) atoms. The van der Waals surface area contributed by atoms with E-state index in [-0.39, 0.29) is 23.5 Å². The minimum absolute atomic E-state index is 0.100. The molecule has 0 spiro atoms. The number of alkyl halides is 3. The summed E-state index contributed by atoms with van der Waals surface area (Å²) in [7, 11) is 1.49. The molecule has 1 fully saturated rings. The molecule has 0 saturated carbocycles. The van der Waals surface area contributed by atoms with Gasteiger partial charge in [-0.1, -0.05) is 20.8 Å². The molecule has 1 aromatic rings. The van der Waals surface area contributed by atoms with E-state index in [0.29, 0.717) is 17.9 Å². The van der Waals surface area contributed by atoms with Gasteiger partial charge in [-0.2, -0.15) is 13.2 Å². The lowest BCUT2D eigenvalue weighted by Crippen LogP contribution is -2.48. The van der Waals surface area contributed by atoms with E-state index in [1.54, 1.807) is 0 Å². The number of fused-ring (bicyclic) bond motifs is 3. The van der Waals surface area contributed by atoms with Crippen molar-refractivity contribution in [3.8, 4) is 11.5 Å². The zero-order valence-corrected chi connectivity index (χ0v) is 17.7. The van der Waals surface area contributed by atoms with Crippen LogP contribution in [0.5, 0.6) is 11.5 Å². The van der Waals surface area contributed by atoms with Crippen LogP contribution in [0.1, 0.15) is 57.2 Å². The van der Waals surface area contributed by atoms with Crippen LogP contribution in [0.3, 0.4) is 0 Å². The van der Waals surface area contributed by atoms with Gasteiger partial charge in [0, 0.05) is 19.1 Å². The quantitative estimate of drug-likeness (QED) is 0.754. The van der Waals surface area contributed by atoms with Crippen molar-refractivity contribution >= 4 is 0 Å². The Labute approximate surface area is 171 Å². The van der Waals surface area contributed by atoms with Crippen LogP contribution < -0.4 is 9.47 Å². The topological polar surface area (TPSA) is 41.9 Å². The van der Waals surface area contributed by atoms with Gasteiger partial charge < -0.3 is 14.6 Å². The Balaban J connectivity index is 1.77. The Morgan fingerprint density at radius 2 is 1.90 bits per heavy atom. The molecule has 3 atom stereocenters. The molecule has 0 radical (unpaired) electrons. The Hall–Kier alpha value is -1.47. The zero-order valence-electron chi connectivity index (χ0n) is 17.7. The molecule has 164 valence electrons. The van der Waals surface area contributed by atoms with Crippen LogP contribution in [0, 0.1) is 11.3 Å². The van der Waals surface area contributed by atoms with Crippen molar-refractivity contribution in [3.63, 3.8) is 0 Å². The van der Waals surface area contributed by atoms with Gasteiger partial charge in [-0.25, -0.2) is 0 Å². The molecule has 4 nitrogen and oxygen atoms in total. The highest BCUT2D eigenvalue weighted by Gasteiger charge is 2.40. The molecule has 3 rings (SSSR count). The molecule has 7 heteroatoms. The summed E-state index contributed by atoms with van der Waals surface area (Å²) in [6, 6.07) is 3.80. The summed E-state index contributed by atoms with van der Waals surface area (Å²) in [5.74, 6) is 1.05. The SMILES string of the molecule is COc1cc2c(cc1OCCC(F)(F)F)CCN1C[C@H](CC(C)(C)C)[C@H](O)C[C@@H]21. The van der Waals surface area contributed by atoms with E-state index < -0.39 is 19.2 Å². The number of halogens is 3. The molecule has 0 aliphatic carbocycles. The van der Waals surface area contributed by atoms with Gasteiger partial charge in [-0.15, -0.1) is 0 Å². The van der Waals surface area contributed by atoms with Gasteiger partial charge >= 0.3 is 6.18 Å². The lowest BCUT2D eigenvalue weighted by atomic mass is 9.75. The first kappa shape index (κ1) is 22.2. The van der Waals surface area contributed by atoms with Crippen molar-refractivity contribution in [1.82, 2.24) is 4.90 Å². The first-order chi connectivity index (χ1) is 13.5. The van der Waals surface area contributed by atoms with Crippen LogP contribution >= 0.6 is 0 Å². The van der Waals surface area contributed by atoms with Crippen molar-refractivity contribution in [1.29, 1.82) is 0 Å². The lowest BCUT2D eigenvalue weighted by molar-refractivity contribution is -0.139. The second-order valence-corrected chi connectivity index (χ2v) is 9.50. The number of rotatable bonds is 5. The van der Waals surface area contributed by atoms with Gasteiger partial charge in [0.2, 0.25) is 0 Å². The van der Waals surface area contributed by atoms with Crippen LogP contribution in [-0.2, 0) is 6.42 Å². The highest BCUT2D eigenvalue weighted by Crippen LogP contribution is 2.44. The monoisotopic (exact) mass is 415 g/mol. The summed E-state index contributed by atoms with van der Waals surface area (Å²) in [4.78, 5) is 2.43. The second-order valence-electron chi connectivity index (χ2n) is 9.50. The maximum absolute atomic E-state index is 12.4. The Morgan fingerprint density at radius 1 is 1.17 bits per heavy atom. The standard InChI is InChI=1S/C22H32F3NO3/c1-21(2,3)12-15-13-26-7-5-14-9-20(29-8-6-22(23,24)25)19(28-4)10-16(14)17(26)11-18(15)27/h9-10,15,17-18,27H,5-8,11-13H2,1-4H3/t15-,17-,18+/m0/s1. The number of methoxy groups -OCH3 is 1. The van der Waals surface area contributed by atoms with Crippen LogP contribution in [0.25, 0.3) is 0 Å². The molecule has 2 heterocycles. The zero-order chi connectivity index (χ0) is 21.4. The van der Waals surface area contributed by atoms with Crippen molar-refractivity contribution in [3.05, 3.63) is 23.3 Å². The van der Waals surface area contributed by atoms with Gasteiger partial charge in [0.05, 0.1) is 26.2 Å². The summed E-state index contributed by atoms with van der Waals surface area (Å²) >= 11 is 0. The van der Waals surface area contributed by atoms with E-state index in [4.69, 9.17) is 9.47 Å². The van der Waals surface area contributed by atoms with Crippen molar-refractivity contribution in [2.24, 2.45) is 11.3 Å². The fraction of sp³-hybridized carbons (Fsp3) is 0.727. The molecular weight excluding hydrogens is 383 g/mol. The third-order valence-electron chi connectivity index (χ3n) is 5.89. The molecule has 1 N–H and O–H groups in total. The van der Waals surface area contributed by atoms with E-state index in [9.17, 15) is 18.3 Å². The van der Waals surface area contributed by atoms with Crippen molar-refractivity contribution in [2.45, 2.75) is 64.8 Å². The number of aliphatic hydroxyl groups is 1. The maximum atomic E-state index is 12.4. The Bertz CT molecular complexity index is 714. The predicted octanol–water partition coefficient (Wildman–Crippen LogP) is 4.74. The summed E-state index contributed by atoms with van der Waals surface area (Å²) in [5, 5.41) is 10.8. The summed E-state index contributed by atoms with van der Waals surface area (Å²) in [6.07, 6.45) is -3.17. The number of nitrogens with zero attached hydrogens (tertiary/aromatic N) is 1. The van der Waals surface area contributed by atoms with Gasteiger partial charge in [-0.3, -0.25) is 4.90 Å². The fourth-order valence-corrected chi connectivity index (χ4v) is 4.64.